The van der Waals surface area contributed by atoms with Crippen molar-refractivity contribution in [2.24, 2.45) is 5.92 Å². The Labute approximate surface area is 140 Å². The first-order valence-corrected chi connectivity index (χ1v) is 8.33. The van der Waals surface area contributed by atoms with Crippen molar-refractivity contribution in [2.75, 3.05) is 30.3 Å². The third-order valence-electron chi connectivity index (χ3n) is 3.81. The minimum atomic E-state index is 0.545. The largest absolute Gasteiger partial charge is 0.493 e. The summed E-state index contributed by atoms with van der Waals surface area (Å²) >= 11 is 0. The van der Waals surface area contributed by atoms with Crippen molar-refractivity contribution in [1.29, 1.82) is 0 Å². The first kappa shape index (κ1) is 17.2. The van der Waals surface area contributed by atoms with E-state index in [4.69, 9.17) is 4.74 Å². The average molecular weight is 312 g/mol. The van der Waals surface area contributed by atoms with E-state index in [0.29, 0.717) is 5.92 Å². The highest BCUT2D eigenvalue weighted by Crippen LogP contribution is 2.18. The molecule has 0 radical (unpaired) electrons. The van der Waals surface area contributed by atoms with E-state index < -0.39 is 0 Å². The zero-order chi connectivity index (χ0) is 16.7. The first-order valence-electron chi connectivity index (χ1n) is 8.33. The second-order valence-corrected chi connectivity index (χ2v) is 6.33. The quantitative estimate of drug-likeness (QED) is 0.683. The van der Waals surface area contributed by atoms with Gasteiger partial charge in [-0.15, -0.1) is 0 Å². The number of hydrogen-bond acceptors (Lipinski definition) is 3. The number of rotatable bonds is 8. The molecule has 0 fully saturated rings. The summed E-state index contributed by atoms with van der Waals surface area (Å²) in [5, 5.41) is 6.90. The van der Waals surface area contributed by atoms with Crippen molar-refractivity contribution in [3.63, 3.8) is 0 Å². The summed E-state index contributed by atoms with van der Waals surface area (Å²) < 4.78 is 5.69. The molecule has 0 heterocycles. The fourth-order valence-corrected chi connectivity index (χ4v) is 2.28. The molecule has 2 N–H and O–H groups in total. The van der Waals surface area contributed by atoms with Crippen LogP contribution in [-0.2, 0) is 0 Å². The molecule has 0 saturated heterocycles. The Kier molecular flexibility index (Phi) is 6.33. The zero-order valence-corrected chi connectivity index (χ0v) is 14.6. The summed E-state index contributed by atoms with van der Waals surface area (Å²) in [7, 11) is 0. The van der Waals surface area contributed by atoms with Gasteiger partial charge in [0.2, 0.25) is 0 Å². The molecule has 3 nitrogen and oxygen atoms in total. The van der Waals surface area contributed by atoms with Crippen molar-refractivity contribution >= 4 is 11.4 Å². The van der Waals surface area contributed by atoms with Gasteiger partial charge in [0.05, 0.1) is 6.61 Å². The fraction of sp³-hybridized carbons (Fsp3) is 0.400. The molecular formula is C20H28N2O. The van der Waals surface area contributed by atoms with Gasteiger partial charge in [0.25, 0.3) is 0 Å². The summed E-state index contributed by atoms with van der Waals surface area (Å²) in [6.07, 6.45) is 0. The maximum Gasteiger partial charge on any atom is 0.119 e. The molecule has 2 aromatic rings. The van der Waals surface area contributed by atoms with Gasteiger partial charge in [-0.3, -0.25) is 0 Å². The van der Waals surface area contributed by atoms with Crippen LogP contribution in [0.1, 0.15) is 25.0 Å². The van der Waals surface area contributed by atoms with Crippen molar-refractivity contribution in [3.05, 3.63) is 53.6 Å². The van der Waals surface area contributed by atoms with Crippen LogP contribution in [0.15, 0.2) is 42.5 Å². The predicted octanol–water partition coefficient (Wildman–Crippen LogP) is 4.86. The molecule has 0 aliphatic rings. The molecule has 2 rings (SSSR count). The van der Waals surface area contributed by atoms with Crippen LogP contribution in [0.5, 0.6) is 5.75 Å². The lowest BCUT2D eigenvalue weighted by molar-refractivity contribution is 0.271. The molecule has 0 aromatic heterocycles. The summed E-state index contributed by atoms with van der Waals surface area (Å²) in [6.45, 7) is 11.1. The normalized spacial score (nSPS) is 10.7. The molecule has 23 heavy (non-hydrogen) atoms. The predicted molar refractivity (Wildman–Crippen MR) is 99.7 cm³/mol. The third-order valence-corrected chi connectivity index (χ3v) is 3.81. The average Bonchev–Trinajstić information content (AvgIpc) is 2.54. The SMILES string of the molecule is Cc1cccc(NCCNc2ccc(OCC(C)C)cc2)c1C. The molecule has 0 spiro atoms. The molecule has 2 aromatic carbocycles. The van der Waals surface area contributed by atoms with Gasteiger partial charge in [-0.2, -0.15) is 0 Å². The van der Waals surface area contributed by atoms with E-state index in [2.05, 4.69) is 68.7 Å². The van der Waals surface area contributed by atoms with Gasteiger partial charge in [0, 0.05) is 24.5 Å². The van der Waals surface area contributed by atoms with Crippen LogP contribution in [0.25, 0.3) is 0 Å². The Balaban J connectivity index is 1.75. The van der Waals surface area contributed by atoms with Crippen molar-refractivity contribution in [3.8, 4) is 5.75 Å². The van der Waals surface area contributed by atoms with Gasteiger partial charge in [0.15, 0.2) is 0 Å². The maximum absolute atomic E-state index is 5.69. The summed E-state index contributed by atoms with van der Waals surface area (Å²) in [5.74, 6) is 1.47. The number of nitrogens with one attached hydrogen (secondary N) is 2. The topological polar surface area (TPSA) is 33.3 Å². The molecule has 0 atom stereocenters. The van der Waals surface area contributed by atoms with Crippen LogP contribution in [-0.4, -0.2) is 19.7 Å². The Morgan fingerprint density at radius 3 is 2.30 bits per heavy atom. The van der Waals surface area contributed by atoms with Crippen LogP contribution in [0.2, 0.25) is 0 Å². The second-order valence-electron chi connectivity index (χ2n) is 6.33. The van der Waals surface area contributed by atoms with E-state index in [0.717, 1.165) is 31.1 Å². The molecule has 3 heteroatoms. The molecule has 0 amide bonds. The standard InChI is InChI=1S/C20H28N2O/c1-15(2)14-23-19-10-8-18(9-11-19)21-12-13-22-20-7-5-6-16(3)17(20)4/h5-11,15,21-22H,12-14H2,1-4H3. The maximum atomic E-state index is 5.69. The number of benzene rings is 2. The summed E-state index contributed by atoms with van der Waals surface area (Å²) in [5.41, 5.74) is 4.97. The minimum absolute atomic E-state index is 0.545. The van der Waals surface area contributed by atoms with Gasteiger partial charge in [-0.05, 0) is 61.2 Å². The van der Waals surface area contributed by atoms with Gasteiger partial charge < -0.3 is 15.4 Å². The van der Waals surface area contributed by atoms with E-state index in [1.165, 1.54) is 16.8 Å². The summed E-state index contributed by atoms with van der Waals surface area (Å²) in [6, 6.07) is 14.5. The van der Waals surface area contributed by atoms with Gasteiger partial charge in [0.1, 0.15) is 5.75 Å². The van der Waals surface area contributed by atoms with Crippen LogP contribution in [0.3, 0.4) is 0 Å². The number of aryl methyl sites for hydroxylation is 1. The zero-order valence-electron chi connectivity index (χ0n) is 14.6. The summed E-state index contributed by atoms with van der Waals surface area (Å²) in [4.78, 5) is 0. The Morgan fingerprint density at radius 1 is 0.913 bits per heavy atom. The van der Waals surface area contributed by atoms with E-state index in [1.54, 1.807) is 0 Å². The molecule has 124 valence electrons. The van der Waals surface area contributed by atoms with E-state index in [9.17, 15) is 0 Å². The minimum Gasteiger partial charge on any atom is -0.493 e. The van der Waals surface area contributed by atoms with Crippen molar-refractivity contribution < 1.29 is 4.74 Å². The Hall–Kier alpha value is -2.16. The Bertz CT molecular complexity index is 606. The van der Waals surface area contributed by atoms with Crippen LogP contribution in [0.4, 0.5) is 11.4 Å². The monoisotopic (exact) mass is 312 g/mol. The van der Waals surface area contributed by atoms with Crippen LogP contribution in [0, 0.1) is 19.8 Å². The van der Waals surface area contributed by atoms with Crippen LogP contribution < -0.4 is 15.4 Å². The van der Waals surface area contributed by atoms with E-state index in [-0.39, 0.29) is 0 Å². The van der Waals surface area contributed by atoms with Gasteiger partial charge in [-0.1, -0.05) is 26.0 Å². The molecule has 0 aliphatic carbocycles. The fourth-order valence-electron chi connectivity index (χ4n) is 2.28. The molecular weight excluding hydrogens is 284 g/mol. The third kappa shape index (κ3) is 5.51. The Morgan fingerprint density at radius 2 is 1.61 bits per heavy atom. The number of anilines is 2. The highest BCUT2D eigenvalue weighted by molar-refractivity contribution is 5.54. The number of ether oxygens (including phenoxy) is 1. The highest BCUT2D eigenvalue weighted by Gasteiger charge is 2.00. The van der Waals surface area contributed by atoms with Crippen molar-refractivity contribution in [2.45, 2.75) is 27.7 Å². The lowest BCUT2D eigenvalue weighted by Crippen LogP contribution is -2.14. The van der Waals surface area contributed by atoms with E-state index in [1.807, 2.05) is 12.1 Å². The number of hydrogen-bond donors (Lipinski definition) is 2. The lowest BCUT2D eigenvalue weighted by atomic mass is 10.1. The highest BCUT2D eigenvalue weighted by atomic mass is 16.5. The second kappa shape index (κ2) is 8.47. The van der Waals surface area contributed by atoms with Gasteiger partial charge >= 0.3 is 0 Å². The lowest BCUT2D eigenvalue weighted by Gasteiger charge is -2.13. The smallest absolute Gasteiger partial charge is 0.119 e. The first-order chi connectivity index (χ1) is 11.1. The van der Waals surface area contributed by atoms with Gasteiger partial charge in [-0.25, -0.2) is 0 Å². The molecule has 0 bridgehead atoms. The molecule has 0 aliphatic heterocycles. The van der Waals surface area contributed by atoms with Crippen molar-refractivity contribution in [1.82, 2.24) is 0 Å². The van der Waals surface area contributed by atoms with E-state index >= 15 is 0 Å². The molecule has 0 unspecified atom stereocenters. The van der Waals surface area contributed by atoms with Crippen LogP contribution >= 0.6 is 0 Å². The molecule has 0 saturated carbocycles.